The van der Waals surface area contributed by atoms with E-state index in [2.05, 4.69) is 10.6 Å². The van der Waals surface area contributed by atoms with Crippen molar-refractivity contribution >= 4 is 52.2 Å². The Morgan fingerprint density at radius 3 is 2.44 bits per heavy atom. The summed E-state index contributed by atoms with van der Waals surface area (Å²) in [5.74, 6) is -0.661. The Hall–Kier alpha value is -4.57. The van der Waals surface area contributed by atoms with Gasteiger partial charge < -0.3 is 20.1 Å². The average Bonchev–Trinajstić information content (AvgIpc) is 3.18. The topological polar surface area (TPSA) is 114 Å². The highest BCUT2D eigenvalue weighted by Crippen LogP contribution is 2.34. The summed E-state index contributed by atoms with van der Waals surface area (Å²) in [7, 11) is 1.46. The predicted molar refractivity (Wildman–Crippen MR) is 151 cm³/mol. The van der Waals surface area contributed by atoms with E-state index in [1.54, 1.807) is 48.5 Å². The van der Waals surface area contributed by atoms with Crippen LogP contribution in [0.1, 0.15) is 16.7 Å². The van der Waals surface area contributed by atoms with Gasteiger partial charge in [0.1, 0.15) is 6.54 Å². The minimum absolute atomic E-state index is 0.177. The smallest absolute Gasteiger partial charge is 0.294 e. The lowest BCUT2D eigenvalue weighted by molar-refractivity contribution is -0.127. The molecule has 39 heavy (non-hydrogen) atoms. The van der Waals surface area contributed by atoms with Gasteiger partial charge >= 0.3 is 0 Å². The fourth-order valence-corrected chi connectivity index (χ4v) is 4.60. The van der Waals surface area contributed by atoms with Gasteiger partial charge in [0.2, 0.25) is 5.91 Å². The number of thioether (sulfide) groups is 1. The molecule has 9 nitrogen and oxygen atoms in total. The lowest BCUT2D eigenvalue weighted by atomic mass is 10.1. The molecule has 0 bridgehead atoms. The van der Waals surface area contributed by atoms with Gasteiger partial charge in [0.05, 0.1) is 12.0 Å². The summed E-state index contributed by atoms with van der Waals surface area (Å²) in [5, 5.41) is 4.97. The Balaban J connectivity index is 1.39. The van der Waals surface area contributed by atoms with Crippen LogP contribution in [0, 0.1) is 13.8 Å². The first-order valence-electron chi connectivity index (χ1n) is 12.0. The molecule has 1 fully saturated rings. The number of nitrogens with zero attached hydrogens (tertiary/aromatic N) is 1. The molecule has 0 saturated carbocycles. The molecule has 0 atom stereocenters. The Bertz CT molecular complexity index is 1450. The normalized spacial score (nSPS) is 13.9. The third-order valence-electron chi connectivity index (χ3n) is 5.96. The van der Waals surface area contributed by atoms with Gasteiger partial charge in [-0.2, -0.15) is 0 Å². The summed E-state index contributed by atoms with van der Waals surface area (Å²) in [4.78, 5) is 51.1. The average molecular weight is 546 g/mol. The predicted octanol–water partition coefficient (Wildman–Crippen LogP) is 5.00. The number of carbonyl (C=O) groups excluding carboxylic acids is 4. The molecule has 1 aliphatic rings. The van der Waals surface area contributed by atoms with Crippen LogP contribution >= 0.6 is 11.8 Å². The quantitative estimate of drug-likeness (QED) is 0.364. The number of anilines is 2. The largest absolute Gasteiger partial charge is 0.493 e. The lowest BCUT2D eigenvalue weighted by Gasteiger charge is -2.13. The van der Waals surface area contributed by atoms with Crippen molar-refractivity contribution in [3.8, 4) is 11.5 Å². The Morgan fingerprint density at radius 2 is 1.69 bits per heavy atom. The molecule has 3 aromatic carbocycles. The summed E-state index contributed by atoms with van der Waals surface area (Å²) in [6, 6.07) is 19.4. The Labute approximate surface area is 230 Å². The van der Waals surface area contributed by atoms with Crippen LogP contribution in [-0.4, -0.2) is 48.1 Å². The van der Waals surface area contributed by atoms with Gasteiger partial charge in [0.15, 0.2) is 18.1 Å². The molecule has 1 saturated heterocycles. The van der Waals surface area contributed by atoms with Crippen molar-refractivity contribution in [2.75, 3.05) is 30.9 Å². The third-order valence-corrected chi connectivity index (χ3v) is 6.86. The van der Waals surface area contributed by atoms with Crippen LogP contribution in [0.25, 0.3) is 6.08 Å². The number of nitrogens with one attached hydrogen (secondary N) is 2. The Morgan fingerprint density at radius 1 is 0.923 bits per heavy atom. The van der Waals surface area contributed by atoms with Gasteiger partial charge in [-0.1, -0.05) is 36.4 Å². The second kappa shape index (κ2) is 12.3. The van der Waals surface area contributed by atoms with Gasteiger partial charge in [-0.15, -0.1) is 0 Å². The standard InChI is InChI=1S/C29H27N3O6S/c1-18-8-7-11-22(19(18)2)31-27(34)17-38-23-13-12-20(14-24(23)37-3)15-25-28(35)32(29(36)39-25)16-26(33)30-21-9-5-4-6-10-21/h4-15H,16-17H2,1-3H3,(H,30,33)(H,31,34)/b25-15-. The number of aryl methyl sites for hydroxylation is 1. The van der Waals surface area contributed by atoms with Crippen LogP contribution < -0.4 is 20.1 Å². The lowest BCUT2D eigenvalue weighted by Crippen LogP contribution is -2.36. The molecule has 4 rings (SSSR count). The SMILES string of the molecule is COc1cc(/C=C2\SC(=O)N(CC(=O)Nc3ccccc3)C2=O)ccc1OCC(=O)Nc1cccc(C)c1C. The molecule has 1 heterocycles. The number of hydrogen-bond acceptors (Lipinski definition) is 7. The van der Waals surface area contributed by atoms with Crippen LogP contribution in [0.5, 0.6) is 11.5 Å². The van der Waals surface area contributed by atoms with Gasteiger partial charge in [-0.05, 0) is 78.7 Å². The number of rotatable bonds is 9. The maximum Gasteiger partial charge on any atom is 0.294 e. The minimum atomic E-state index is -0.560. The summed E-state index contributed by atoms with van der Waals surface area (Å²) in [6.45, 7) is 3.28. The molecular weight excluding hydrogens is 518 g/mol. The minimum Gasteiger partial charge on any atom is -0.493 e. The zero-order valence-electron chi connectivity index (χ0n) is 21.6. The Kier molecular flexibility index (Phi) is 8.67. The highest BCUT2D eigenvalue weighted by atomic mass is 32.2. The van der Waals surface area contributed by atoms with Gasteiger partial charge in [-0.3, -0.25) is 24.1 Å². The number of carbonyl (C=O) groups is 4. The van der Waals surface area contributed by atoms with Crippen LogP contribution in [-0.2, 0) is 14.4 Å². The van der Waals surface area contributed by atoms with E-state index in [0.29, 0.717) is 22.7 Å². The van der Waals surface area contributed by atoms with Crippen molar-refractivity contribution in [1.82, 2.24) is 4.90 Å². The summed E-state index contributed by atoms with van der Waals surface area (Å²) in [5.41, 5.74) is 3.92. The molecule has 10 heteroatoms. The molecule has 0 spiro atoms. The van der Waals surface area contributed by atoms with Crippen molar-refractivity contribution in [3.05, 3.63) is 88.3 Å². The van der Waals surface area contributed by atoms with E-state index < -0.39 is 23.6 Å². The number of methoxy groups -OCH3 is 1. The highest BCUT2D eigenvalue weighted by Gasteiger charge is 2.36. The van der Waals surface area contributed by atoms with E-state index in [0.717, 1.165) is 33.5 Å². The molecule has 0 radical (unpaired) electrons. The van der Waals surface area contributed by atoms with Crippen LogP contribution in [0.15, 0.2) is 71.6 Å². The van der Waals surface area contributed by atoms with Crippen molar-refractivity contribution < 1.29 is 28.7 Å². The second-order valence-corrected chi connectivity index (χ2v) is 9.67. The van der Waals surface area contributed by atoms with Crippen LogP contribution in [0.2, 0.25) is 0 Å². The number of para-hydroxylation sites is 1. The monoisotopic (exact) mass is 545 g/mol. The van der Waals surface area contributed by atoms with Gasteiger partial charge in [-0.25, -0.2) is 0 Å². The third kappa shape index (κ3) is 6.85. The molecule has 4 amide bonds. The summed E-state index contributed by atoms with van der Waals surface area (Å²) >= 11 is 0.753. The second-order valence-electron chi connectivity index (χ2n) is 8.68. The van der Waals surface area contributed by atoms with E-state index >= 15 is 0 Å². The van der Waals surface area contributed by atoms with Crippen molar-refractivity contribution in [2.24, 2.45) is 0 Å². The van der Waals surface area contributed by atoms with E-state index in [9.17, 15) is 19.2 Å². The summed E-state index contributed by atoms with van der Waals surface area (Å²) < 4.78 is 11.1. The first-order chi connectivity index (χ1) is 18.7. The van der Waals surface area contributed by atoms with Crippen LogP contribution in [0.4, 0.5) is 16.2 Å². The number of amides is 4. The first-order valence-corrected chi connectivity index (χ1v) is 12.8. The zero-order chi connectivity index (χ0) is 27.9. The number of ether oxygens (including phenoxy) is 2. The maximum atomic E-state index is 12.8. The molecule has 3 aromatic rings. The maximum absolute atomic E-state index is 12.8. The van der Waals surface area contributed by atoms with Gasteiger partial charge in [0, 0.05) is 11.4 Å². The number of hydrogen-bond donors (Lipinski definition) is 2. The zero-order valence-corrected chi connectivity index (χ0v) is 22.5. The molecule has 0 unspecified atom stereocenters. The van der Waals surface area contributed by atoms with Crippen molar-refractivity contribution in [1.29, 1.82) is 0 Å². The van der Waals surface area contributed by atoms with Crippen LogP contribution in [0.3, 0.4) is 0 Å². The molecule has 0 aliphatic carbocycles. The van der Waals surface area contributed by atoms with Gasteiger partial charge in [0.25, 0.3) is 17.1 Å². The van der Waals surface area contributed by atoms with E-state index in [-0.39, 0.29) is 17.4 Å². The molecule has 200 valence electrons. The first kappa shape index (κ1) is 27.5. The van der Waals surface area contributed by atoms with Crippen molar-refractivity contribution in [3.63, 3.8) is 0 Å². The summed E-state index contributed by atoms with van der Waals surface area (Å²) in [6.07, 6.45) is 1.54. The van der Waals surface area contributed by atoms with E-state index in [1.165, 1.54) is 7.11 Å². The fourth-order valence-electron chi connectivity index (χ4n) is 3.76. The van der Waals surface area contributed by atoms with E-state index in [1.807, 2.05) is 38.1 Å². The number of imide groups is 1. The van der Waals surface area contributed by atoms with Crippen molar-refractivity contribution in [2.45, 2.75) is 13.8 Å². The molecular formula is C29H27N3O6S. The highest BCUT2D eigenvalue weighted by molar-refractivity contribution is 8.18. The number of benzene rings is 3. The van der Waals surface area contributed by atoms with E-state index in [4.69, 9.17) is 9.47 Å². The molecule has 2 N–H and O–H groups in total. The molecule has 0 aromatic heterocycles. The fraction of sp³-hybridized carbons (Fsp3) is 0.172. The molecule has 1 aliphatic heterocycles.